The second-order valence-corrected chi connectivity index (χ2v) is 8.62. The number of carbonyl (C=O) groups excluding carboxylic acids is 1. The fourth-order valence-corrected chi connectivity index (χ4v) is 4.69. The molecule has 0 aliphatic carbocycles. The number of nitrogens with zero attached hydrogens (tertiary/aromatic N) is 3. The van der Waals surface area contributed by atoms with Gasteiger partial charge in [0.05, 0.1) is 10.6 Å². The monoisotopic (exact) mass is 414 g/mol. The molecule has 4 rings (SSSR count). The fourth-order valence-electron chi connectivity index (χ4n) is 3.24. The summed E-state index contributed by atoms with van der Waals surface area (Å²) in [6.07, 6.45) is 0. The number of piperazine rings is 1. The Kier molecular flexibility index (Phi) is 5.16. The standard InChI is InChI=1S/C20H19FN4O3S/c21-16-8-6-15(7-9-16)18-14-19(23-22-18)20(26)24-10-12-25(13-11-24)29(27,28)17-4-2-1-3-5-17/h1-9,14H,10-13H2,(H,22,23). The summed E-state index contributed by atoms with van der Waals surface area (Å²) in [5.41, 5.74) is 1.54. The van der Waals surface area contributed by atoms with E-state index in [9.17, 15) is 17.6 Å². The van der Waals surface area contributed by atoms with Crippen LogP contribution in [0, 0.1) is 5.82 Å². The van der Waals surface area contributed by atoms with Gasteiger partial charge in [-0.3, -0.25) is 9.89 Å². The van der Waals surface area contributed by atoms with E-state index in [1.807, 2.05) is 0 Å². The number of hydrogen-bond donors (Lipinski definition) is 1. The van der Waals surface area contributed by atoms with Gasteiger partial charge in [0.1, 0.15) is 11.5 Å². The predicted octanol–water partition coefficient (Wildman–Crippen LogP) is 2.36. The van der Waals surface area contributed by atoms with Gasteiger partial charge in [0.15, 0.2) is 0 Å². The van der Waals surface area contributed by atoms with Gasteiger partial charge in [-0.25, -0.2) is 12.8 Å². The number of H-pyrrole nitrogens is 1. The summed E-state index contributed by atoms with van der Waals surface area (Å²) >= 11 is 0. The van der Waals surface area contributed by atoms with Gasteiger partial charge >= 0.3 is 0 Å². The van der Waals surface area contributed by atoms with E-state index in [-0.39, 0.29) is 42.8 Å². The van der Waals surface area contributed by atoms with Crippen molar-refractivity contribution in [2.24, 2.45) is 0 Å². The van der Waals surface area contributed by atoms with Gasteiger partial charge in [-0.05, 0) is 42.5 Å². The highest BCUT2D eigenvalue weighted by atomic mass is 32.2. The molecule has 0 spiro atoms. The maximum Gasteiger partial charge on any atom is 0.271 e. The predicted molar refractivity (Wildman–Crippen MR) is 105 cm³/mol. The van der Waals surface area contributed by atoms with Crippen molar-refractivity contribution in [3.05, 3.63) is 72.2 Å². The molecular weight excluding hydrogens is 395 g/mol. The van der Waals surface area contributed by atoms with Gasteiger partial charge in [0.2, 0.25) is 10.0 Å². The van der Waals surface area contributed by atoms with E-state index >= 15 is 0 Å². The molecule has 1 saturated heterocycles. The molecule has 9 heteroatoms. The highest BCUT2D eigenvalue weighted by Crippen LogP contribution is 2.21. The highest BCUT2D eigenvalue weighted by Gasteiger charge is 2.30. The van der Waals surface area contributed by atoms with Crippen LogP contribution in [0.4, 0.5) is 4.39 Å². The molecule has 1 fully saturated rings. The molecule has 1 aliphatic heterocycles. The van der Waals surface area contributed by atoms with Crippen LogP contribution in [0.5, 0.6) is 0 Å². The first-order valence-electron chi connectivity index (χ1n) is 9.11. The number of nitrogens with one attached hydrogen (secondary N) is 1. The first kappa shape index (κ1) is 19.3. The largest absolute Gasteiger partial charge is 0.335 e. The summed E-state index contributed by atoms with van der Waals surface area (Å²) < 4.78 is 39.9. The third-order valence-corrected chi connectivity index (χ3v) is 6.77. The summed E-state index contributed by atoms with van der Waals surface area (Å²) in [5.74, 6) is -0.591. The molecule has 0 saturated carbocycles. The van der Waals surface area contributed by atoms with E-state index in [2.05, 4.69) is 10.2 Å². The minimum atomic E-state index is -3.57. The van der Waals surface area contributed by atoms with Gasteiger partial charge in [-0.15, -0.1) is 0 Å². The topological polar surface area (TPSA) is 86.4 Å². The lowest BCUT2D eigenvalue weighted by Gasteiger charge is -2.33. The van der Waals surface area contributed by atoms with Gasteiger partial charge in [-0.1, -0.05) is 18.2 Å². The van der Waals surface area contributed by atoms with E-state index < -0.39 is 10.0 Å². The van der Waals surface area contributed by atoms with Crippen molar-refractivity contribution in [1.29, 1.82) is 0 Å². The maximum absolute atomic E-state index is 13.1. The molecule has 29 heavy (non-hydrogen) atoms. The normalized spacial score (nSPS) is 15.4. The Morgan fingerprint density at radius 1 is 0.966 bits per heavy atom. The lowest BCUT2D eigenvalue weighted by atomic mass is 10.1. The molecule has 2 heterocycles. The molecule has 7 nitrogen and oxygen atoms in total. The van der Waals surface area contributed by atoms with Crippen LogP contribution in [-0.2, 0) is 10.0 Å². The SMILES string of the molecule is O=C(c1cc(-c2ccc(F)cc2)n[nH]1)N1CCN(S(=O)(=O)c2ccccc2)CC1. The second-order valence-electron chi connectivity index (χ2n) is 6.68. The Morgan fingerprint density at radius 2 is 1.62 bits per heavy atom. The Labute approximate surface area is 167 Å². The lowest BCUT2D eigenvalue weighted by molar-refractivity contribution is 0.0692. The smallest absolute Gasteiger partial charge is 0.271 e. The molecule has 1 aromatic heterocycles. The van der Waals surface area contributed by atoms with E-state index in [0.29, 0.717) is 17.0 Å². The Bertz CT molecular complexity index is 1110. The number of aromatic nitrogens is 2. The summed E-state index contributed by atoms with van der Waals surface area (Å²) in [7, 11) is -3.57. The van der Waals surface area contributed by atoms with Crippen molar-refractivity contribution in [3.63, 3.8) is 0 Å². The summed E-state index contributed by atoms with van der Waals surface area (Å²) in [6, 6.07) is 15.7. The van der Waals surface area contributed by atoms with Gasteiger partial charge in [-0.2, -0.15) is 9.40 Å². The number of amides is 1. The number of aromatic amines is 1. The van der Waals surface area contributed by atoms with E-state index in [1.54, 1.807) is 53.4 Å². The molecule has 0 atom stereocenters. The molecule has 150 valence electrons. The highest BCUT2D eigenvalue weighted by molar-refractivity contribution is 7.89. The van der Waals surface area contributed by atoms with Crippen molar-refractivity contribution < 1.29 is 17.6 Å². The quantitative estimate of drug-likeness (QED) is 0.710. The number of rotatable bonds is 4. The van der Waals surface area contributed by atoms with Crippen LogP contribution >= 0.6 is 0 Å². The van der Waals surface area contributed by atoms with Crippen LogP contribution < -0.4 is 0 Å². The Hall–Kier alpha value is -3.04. The van der Waals surface area contributed by atoms with Crippen LogP contribution in [0.15, 0.2) is 65.6 Å². The van der Waals surface area contributed by atoms with Crippen LogP contribution in [-0.4, -0.2) is 59.9 Å². The zero-order chi connectivity index (χ0) is 20.4. The number of halogens is 1. The Morgan fingerprint density at radius 3 is 2.28 bits per heavy atom. The molecule has 1 amide bonds. The summed E-state index contributed by atoms with van der Waals surface area (Å²) in [4.78, 5) is 14.6. The van der Waals surface area contributed by atoms with Gasteiger partial charge in [0.25, 0.3) is 5.91 Å². The molecule has 1 aliphatic rings. The molecule has 0 radical (unpaired) electrons. The number of carbonyl (C=O) groups is 1. The zero-order valence-electron chi connectivity index (χ0n) is 15.5. The molecule has 0 bridgehead atoms. The first-order valence-corrected chi connectivity index (χ1v) is 10.5. The van der Waals surface area contributed by atoms with Gasteiger partial charge < -0.3 is 4.90 Å². The lowest BCUT2D eigenvalue weighted by Crippen LogP contribution is -2.50. The molecule has 0 unspecified atom stereocenters. The average Bonchev–Trinajstić information content (AvgIpc) is 3.25. The van der Waals surface area contributed by atoms with Gasteiger partial charge in [0, 0.05) is 31.7 Å². The fraction of sp³-hybridized carbons (Fsp3) is 0.200. The van der Waals surface area contributed by atoms with Crippen LogP contribution in [0.25, 0.3) is 11.3 Å². The number of benzene rings is 2. The Balaban J connectivity index is 1.43. The van der Waals surface area contributed by atoms with Crippen molar-refractivity contribution in [2.75, 3.05) is 26.2 Å². The minimum absolute atomic E-state index is 0.224. The third-order valence-electron chi connectivity index (χ3n) is 4.86. The van der Waals surface area contributed by atoms with Crippen LogP contribution in [0.3, 0.4) is 0 Å². The maximum atomic E-state index is 13.1. The third kappa shape index (κ3) is 3.92. The summed E-state index contributed by atoms with van der Waals surface area (Å²) in [6.45, 7) is 1.02. The number of sulfonamides is 1. The first-order chi connectivity index (χ1) is 13.9. The van der Waals surface area contributed by atoms with Crippen molar-refractivity contribution in [3.8, 4) is 11.3 Å². The second kappa shape index (κ2) is 7.76. The molecular formula is C20H19FN4O3S. The molecule has 3 aromatic rings. The van der Waals surface area contributed by atoms with Crippen molar-refractivity contribution in [2.45, 2.75) is 4.90 Å². The van der Waals surface area contributed by atoms with Crippen LogP contribution in [0.1, 0.15) is 10.5 Å². The molecule has 1 N–H and O–H groups in total. The minimum Gasteiger partial charge on any atom is -0.335 e. The van der Waals surface area contributed by atoms with Crippen molar-refractivity contribution >= 4 is 15.9 Å². The van der Waals surface area contributed by atoms with Crippen LogP contribution in [0.2, 0.25) is 0 Å². The van der Waals surface area contributed by atoms with E-state index in [1.165, 1.54) is 16.4 Å². The molecule has 2 aromatic carbocycles. The average molecular weight is 414 g/mol. The summed E-state index contributed by atoms with van der Waals surface area (Å²) in [5, 5.41) is 6.84. The number of hydrogen-bond acceptors (Lipinski definition) is 4. The van der Waals surface area contributed by atoms with E-state index in [4.69, 9.17) is 0 Å². The zero-order valence-corrected chi connectivity index (χ0v) is 16.3. The van der Waals surface area contributed by atoms with E-state index in [0.717, 1.165) is 0 Å². The van der Waals surface area contributed by atoms with Crippen molar-refractivity contribution in [1.82, 2.24) is 19.4 Å².